The van der Waals surface area contributed by atoms with Crippen LogP contribution in [0.5, 0.6) is 0 Å². The molecule has 1 aliphatic carbocycles. The number of aliphatic hydroxyl groups is 1. The number of nitrogens with two attached hydrogens (primary N) is 1. The van der Waals surface area contributed by atoms with Crippen LogP contribution in [0.3, 0.4) is 0 Å². The number of hydrogen-bond acceptors (Lipinski definition) is 5. The molecule has 1 aromatic heterocycles. The van der Waals surface area contributed by atoms with Gasteiger partial charge in [0.2, 0.25) is 10.0 Å². The standard InChI is InChI=1S/C14H13ClN2O4S2/c15-8-1-2-9-7(5-8)6-10(18)13(9)17-14(19)11-3-4-12(22-11)23(16,20)21/h1-5,10,13,18H,6H2,(H,17,19)(H2,16,20,21)/t10?,13-/m1/s1. The number of benzene rings is 1. The van der Waals surface area contributed by atoms with E-state index in [0.29, 0.717) is 11.4 Å². The first-order valence-corrected chi connectivity index (χ1v) is 9.39. The summed E-state index contributed by atoms with van der Waals surface area (Å²) in [6.07, 6.45) is -0.363. The molecule has 0 bridgehead atoms. The Hall–Kier alpha value is -1.45. The van der Waals surface area contributed by atoms with Gasteiger partial charge in [0.1, 0.15) is 4.21 Å². The van der Waals surface area contributed by atoms with E-state index in [9.17, 15) is 18.3 Å². The quantitative estimate of drug-likeness (QED) is 0.757. The van der Waals surface area contributed by atoms with Crippen molar-refractivity contribution in [1.29, 1.82) is 0 Å². The van der Waals surface area contributed by atoms with Gasteiger partial charge in [0.15, 0.2) is 0 Å². The molecule has 1 aliphatic rings. The van der Waals surface area contributed by atoms with E-state index in [2.05, 4.69) is 5.32 Å². The summed E-state index contributed by atoms with van der Waals surface area (Å²) in [4.78, 5) is 12.5. The van der Waals surface area contributed by atoms with Crippen LogP contribution in [0.4, 0.5) is 0 Å². The van der Waals surface area contributed by atoms with Gasteiger partial charge in [-0.3, -0.25) is 4.79 Å². The molecule has 0 spiro atoms. The van der Waals surface area contributed by atoms with Gasteiger partial charge in [0, 0.05) is 11.4 Å². The maximum absolute atomic E-state index is 12.3. The molecule has 0 radical (unpaired) electrons. The van der Waals surface area contributed by atoms with Crippen molar-refractivity contribution in [2.75, 3.05) is 0 Å². The predicted molar refractivity (Wildman–Crippen MR) is 87.1 cm³/mol. The number of hydrogen-bond donors (Lipinski definition) is 3. The monoisotopic (exact) mass is 372 g/mol. The van der Waals surface area contributed by atoms with E-state index in [1.165, 1.54) is 12.1 Å². The normalized spacial score (nSPS) is 20.3. The zero-order valence-corrected chi connectivity index (χ0v) is 14.1. The summed E-state index contributed by atoms with van der Waals surface area (Å²) in [6.45, 7) is 0. The second-order valence-electron chi connectivity index (χ2n) is 5.23. The van der Waals surface area contributed by atoms with Gasteiger partial charge in [0.05, 0.1) is 17.0 Å². The third kappa shape index (κ3) is 3.26. The van der Waals surface area contributed by atoms with Gasteiger partial charge in [-0.25, -0.2) is 13.6 Å². The Morgan fingerprint density at radius 1 is 1.35 bits per heavy atom. The minimum absolute atomic E-state index is 0.0817. The van der Waals surface area contributed by atoms with Crippen molar-refractivity contribution >= 4 is 38.9 Å². The van der Waals surface area contributed by atoms with E-state index in [0.717, 1.165) is 22.5 Å². The van der Waals surface area contributed by atoms with Crippen molar-refractivity contribution in [2.24, 2.45) is 5.14 Å². The van der Waals surface area contributed by atoms with Crippen LogP contribution in [0.2, 0.25) is 5.02 Å². The van der Waals surface area contributed by atoms with Gasteiger partial charge < -0.3 is 10.4 Å². The molecular weight excluding hydrogens is 360 g/mol. The number of carbonyl (C=O) groups excluding carboxylic acids is 1. The Morgan fingerprint density at radius 2 is 2.09 bits per heavy atom. The van der Waals surface area contributed by atoms with E-state index in [1.54, 1.807) is 18.2 Å². The van der Waals surface area contributed by atoms with Gasteiger partial charge in [-0.05, 0) is 35.4 Å². The lowest BCUT2D eigenvalue weighted by atomic mass is 10.1. The fourth-order valence-corrected chi connectivity index (χ4v) is 4.41. The minimum Gasteiger partial charge on any atom is -0.390 e. The van der Waals surface area contributed by atoms with Crippen LogP contribution in [-0.4, -0.2) is 25.5 Å². The summed E-state index contributed by atoms with van der Waals surface area (Å²) in [7, 11) is -3.83. The number of thiophene rings is 1. The average molecular weight is 373 g/mol. The first kappa shape index (κ1) is 16.4. The molecule has 1 unspecified atom stereocenters. The van der Waals surface area contributed by atoms with Crippen molar-refractivity contribution in [3.05, 3.63) is 51.4 Å². The SMILES string of the molecule is NS(=O)(=O)c1ccc(C(=O)N[C@@H]2c3ccc(Cl)cc3CC2O)s1. The van der Waals surface area contributed by atoms with Gasteiger partial charge >= 0.3 is 0 Å². The number of rotatable bonds is 3. The van der Waals surface area contributed by atoms with Crippen molar-refractivity contribution in [2.45, 2.75) is 22.8 Å². The molecule has 0 aliphatic heterocycles. The molecule has 1 heterocycles. The summed E-state index contributed by atoms with van der Waals surface area (Å²) < 4.78 is 22.4. The van der Waals surface area contributed by atoms with E-state index >= 15 is 0 Å². The van der Waals surface area contributed by atoms with Crippen molar-refractivity contribution < 1.29 is 18.3 Å². The lowest BCUT2D eigenvalue weighted by molar-refractivity contribution is 0.0862. The lowest BCUT2D eigenvalue weighted by Crippen LogP contribution is -2.33. The summed E-state index contributed by atoms with van der Waals surface area (Å²) in [5.41, 5.74) is 1.69. The molecule has 0 fully saturated rings. The topological polar surface area (TPSA) is 109 Å². The molecule has 23 heavy (non-hydrogen) atoms. The molecular formula is C14H13ClN2O4S2. The maximum Gasteiger partial charge on any atom is 0.261 e. The summed E-state index contributed by atoms with van der Waals surface area (Å²) >= 11 is 6.72. The molecule has 0 saturated carbocycles. The summed E-state index contributed by atoms with van der Waals surface area (Å²) in [5.74, 6) is -0.461. The first-order valence-electron chi connectivity index (χ1n) is 6.65. The Bertz CT molecular complexity index is 879. The number of fused-ring (bicyclic) bond motifs is 1. The lowest BCUT2D eigenvalue weighted by Gasteiger charge is -2.17. The molecule has 9 heteroatoms. The second kappa shape index (κ2) is 5.88. The van der Waals surface area contributed by atoms with E-state index < -0.39 is 28.1 Å². The van der Waals surface area contributed by atoms with Crippen LogP contribution in [0.15, 0.2) is 34.5 Å². The molecule has 6 nitrogen and oxygen atoms in total. The largest absolute Gasteiger partial charge is 0.390 e. The van der Waals surface area contributed by atoms with Crippen molar-refractivity contribution in [3.8, 4) is 0 Å². The fraction of sp³-hybridized carbons (Fsp3) is 0.214. The Kier molecular flexibility index (Phi) is 4.19. The van der Waals surface area contributed by atoms with Crippen LogP contribution in [0.25, 0.3) is 0 Å². The average Bonchev–Trinajstić information content (AvgIpc) is 3.04. The molecule has 1 aromatic carbocycles. The molecule has 2 atom stereocenters. The zero-order valence-electron chi connectivity index (χ0n) is 11.7. The molecule has 1 amide bonds. The van der Waals surface area contributed by atoms with Crippen molar-refractivity contribution in [3.63, 3.8) is 0 Å². The van der Waals surface area contributed by atoms with Crippen LogP contribution in [-0.2, 0) is 16.4 Å². The van der Waals surface area contributed by atoms with Gasteiger partial charge in [-0.2, -0.15) is 0 Å². The number of carbonyl (C=O) groups is 1. The number of halogens is 1. The second-order valence-corrected chi connectivity index (χ2v) is 8.54. The summed E-state index contributed by atoms with van der Waals surface area (Å²) in [5, 5.41) is 18.5. The predicted octanol–water partition coefficient (Wildman–Crippen LogP) is 1.44. The smallest absolute Gasteiger partial charge is 0.261 e. The number of primary sulfonamides is 1. The molecule has 2 aromatic rings. The third-order valence-corrected chi connectivity index (χ3v) is 6.38. The fourth-order valence-electron chi connectivity index (χ4n) is 2.59. The zero-order chi connectivity index (χ0) is 16.8. The van der Waals surface area contributed by atoms with Gasteiger partial charge in [-0.15, -0.1) is 11.3 Å². The van der Waals surface area contributed by atoms with Crippen LogP contribution in [0, 0.1) is 0 Å². The first-order chi connectivity index (χ1) is 10.8. The Balaban J connectivity index is 1.82. The van der Waals surface area contributed by atoms with Crippen molar-refractivity contribution in [1.82, 2.24) is 5.32 Å². The Labute approximate surface area is 141 Å². The van der Waals surface area contributed by atoms with Crippen LogP contribution >= 0.6 is 22.9 Å². The highest BCUT2D eigenvalue weighted by molar-refractivity contribution is 7.91. The minimum atomic E-state index is -3.83. The van der Waals surface area contributed by atoms with Gasteiger partial charge in [0.25, 0.3) is 5.91 Å². The highest BCUT2D eigenvalue weighted by Gasteiger charge is 2.32. The van der Waals surface area contributed by atoms with E-state index in [-0.39, 0.29) is 9.09 Å². The number of amides is 1. The number of aliphatic hydroxyl groups excluding tert-OH is 1. The third-order valence-electron chi connectivity index (χ3n) is 3.63. The molecule has 3 rings (SSSR count). The molecule has 0 saturated heterocycles. The van der Waals surface area contributed by atoms with E-state index in [4.69, 9.17) is 16.7 Å². The van der Waals surface area contributed by atoms with Gasteiger partial charge in [-0.1, -0.05) is 17.7 Å². The summed E-state index contributed by atoms with van der Waals surface area (Å²) in [6, 6.07) is 7.34. The number of nitrogens with one attached hydrogen (secondary N) is 1. The number of sulfonamides is 1. The highest BCUT2D eigenvalue weighted by atomic mass is 35.5. The molecule has 4 N–H and O–H groups in total. The van der Waals surface area contributed by atoms with E-state index in [1.807, 2.05) is 0 Å². The van der Waals surface area contributed by atoms with Crippen LogP contribution < -0.4 is 10.5 Å². The van der Waals surface area contributed by atoms with Crippen LogP contribution in [0.1, 0.15) is 26.8 Å². The molecule has 122 valence electrons. The Morgan fingerprint density at radius 3 is 2.74 bits per heavy atom. The maximum atomic E-state index is 12.3. The highest BCUT2D eigenvalue weighted by Crippen LogP contribution is 2.33.